The molecule has 136 valence electrons. The lowest BCUT2D eigenvalue weighted by Crippen LogP contribution is -2.44. The molecule has 1 unspecified atom stereocenters. The zero-order chi connectivity index (χ0) is 18.8. The molecule has 1 N–H and O–H groups in total. The van der Waals surface area contributed by atoms with Crippen molar-refractivity contribution < 1.29 is 31.8 Å². The molecule has 0 fully saturated rings. The molecule has 0 aromatic heterocycles. The van der Waals surface area contributed by atoms with Gasteiger partial charge in [0, 0.05) is 6.42 Å². The van der Waals surface area contributed by atoms with E-state index in [1.54, 1.807) is 0 Å². The maximum Gasteiger partial charge on any atom is 0.283 e. The second-order valence-corrected chi connectivity index (χ2v) is 5.96. The Balaban J connectivity index is 2.13. The van der Waals surface area contributed by atoms with E-state index in [1.807, 2.05) is 0 Å². The highest BCUT2D eigenvalue weighted by molar-refractivity contribution is 6.30. The van der Waals surface area contributed by atoms with Crippen LogP contribution in [0.4, 0.5) is 22.0 Å². The molecule has 2 nitrogen and oxygen atoms in total. The van der Waals surface area contributed by atoms with Crippen molar-refractivity contribution in [3.63, 3.8) is 0 Å². The normalized spacial score (nSPS) is 14.2. The number of alkyl halides is 2. The second kappa shape index (κ2) is 7.17. The summed E-state index contributed by atoms with van der Waals surface area (Å²) in [6.07, 6.45) is -1.07. The lowest BCUT2D eigenvalue weighted by molar-refractivity contribution is -0.184. The third-order valence-corrected chi connectivity index (χ3v) is 4.06. The van der Waals surface area contributed by atoms with Gasteiger partial charge < -0.3 is 9.84 Å². The van der Waals surface area contributed by atoms with Gasteiger partial charge >= 0.3 is 0 Å². The van der Waals surface area contributed by atoms with Gasteiger partial charge in [-0.1, -0.05) is 23.7 Å². The summed E-state index contributed by atoms with van der Waals surface area (Å²) >= 11 is 5.48. The maximum absolute atomic E-state index is 14.3. The SMILES string of the molecule is CC(O)(c1cccc(F)c1)C(F)(F)CCOc1c(F)ccc(Cl)c1F. The summed E-state index contributed by atoms with van der Waals surface area (Å²) in [5.74, 6) is -7.72. The molecular weight excluding hydrogens is 367 g/mol. The van der Waals surface area contributed by atoms with Gasteiger partial charge in [0.15, 0.2) is 23.0 Å². The first-order valence-corrected chi connectivity index (χ1v) is 7.56. The molecule has 8 heteroatoms. The minimum Gasteiger partial charge on any atom is -0.487 e. The zero-order valence-electron chi connectivity index (χ0n) is 13.0. The molecule has 2 rings (SSSR count). The van der Waals surface area contributed by atoms with Crippen LogP contribution in [0.1, 0.15) is 18.9 Å². The van der Waals surface area contributed by atoms with Crippen molar-refractivity contribution in [2.45, 2.75) is 24.9 Å². The van der Waals surface area contributed by atoms with Crippen LogP contribution in [0.5, 0.6) is 5.75 Å². The van der Waals surface area contributed by atoms with Gasteiger partial charge in [-0.25, -0.2) is 22.0 Å². The molecule has 0 amide bonds. The number of ether oxygens (including phenoxy) is 1. The lowest BCUT2D eigenvalue weighted by atomic mass is 9.87. The minimum atomic E-state index is -3.76. The third kappa shape index (κ3) is 4.04. The van der Waals surface area contributed by atoms with Crippen LogP contribution in [-0.4, -0.2) is 17.6 Å². The van der Waals surface area contributed by atoms with Crippen LogP contribution in [0.2, 0.25) is 5.02 Å². The number of aliphatic hydroxyl groups is 1. The summed E-state index contributed by atoms with van der Waals surface area (Å²) < 4.78 is 73.8. The van der Waals surface area contributed by atoms with Gasteiger partial charge in [-0.15, -0.1) is 0 Å². The van der Waals surface area contributed by atoms with E-state index in [9.17, 15) is 27.1 Å². The molecular formula is C17H14ClF5O2. The fourth-order valence-electron chi connectivity index (χ4n) is 2.17. The fourth-order valence-corrected chi connectivity index (χ4v) is 2.32. The highest BCUT2D eigenvalue weighted by atomic mass is 35.5. The highest BCUT2D eigenvalue weighted by Gasteiger charge is 2.50. The Morgan fingerprint density at radius 2 is 1.80 bits per heavy atom. The van der Waals surface area contributed by atoms with Gasteiger partial charge in [-0.3, -0.25) is 0 Å². The summed E-state index contributed by atoms with van der Waals surface area (Å²) in [4.78, 5) is 0. The van der Waals surface area contributed by atoms with Crippen LogP contribution in [0.15, 0.2) is 36.4 Å². The van der Waals surface area contributed by atoms with Crippen molar-refractivity contribution >= 4 is 11.6 Å². The molecule has 0 spiro atoms. The molecule has 0 aliphatic carbocycles. The van der Waals surface area contributed by atoms with Crippen molar-refractivity contribution in [3.05, 3.63) is 64.4 Å². The van der Waals surface area contributed by atoms with Crippen molar-refractivity contribution in [1.82, 2.24) is 0 Å². The zero-order valence-corrected chi connectivity index (χ0v) is 13.8. The van der Waals surface area contributed by atoms with Crippen LogP contribution < -0.4 is 4.74 Å². The molecule has 25 heavy (non-hydrogen) atoms. The number of hydrogen-bond acceptors (Lipinski definition) is 2. The van der Waals surface area contributed by atoms with E-state index in [2.05, 4.69) is 0 Å². The molecule has 0 saturated carbocycles. The molecule has 2 aromatic rings. The van der Waals surface area contributed by atoms with Crippen LogP contribution in [0, 0.1) is 17.5 Å². The summed E-state index contributed by atoms with van der Waals surface area (Å²) in [5.41, 5.74) is -3.04. The summed E-state index contributed by atoms with van der Waals surface area (Å²) in [6.45, 7) is 0.0228. The van der Waals surface area contributed by atoms with Crippen molar-refractivity contribution in [3.8, 4) is 5.75 Å². The first kappa shape index (κ1) is 19.5. The predicted molar refractivity (Wildman–Crippen MR) is 82.4 cm³/mol. The number of rotatable bonds is 6. The van der Waals surface area contributed by atoms with Crippen molar-refractivity contribution in [1.29, 1.82) is 0 Å². The Hall–Kier alpha value is -1.86. The van der Waals surface area contributed by atoms with Crippen molar-refractivity contribution in [2.75, 3.05) is 6.61 Å². The van der Waals surface area contributed by atoms with E-state index in [4.69, 9.17) is 16.3 Å². The van der Waals surface area contributed by atoms with E-state index in [0.717, 1.165) is 37.3 Å². The lowest BCUT2D eigenvalue weighted by Gasteiger charge is -2.33. The molecule has 1 atom stereocenters. The first-order valence-electron chi connectivity index (χ1n) is 7.19. The van der Waals surface area contributed by atoms with E-state index in [0.29, 0.717) is 0 Å². The molecule has 0 aliphatic rings. The number of halogens is 6. The van der Waals surface area contributed by atoms with Gasteiger partial charge in [-0.2, -0.15) is 0 Å². The summed E-state index contributed by atoms with van der Waals surface area (Å²) in [6, 6.07) is 5.96. The van der Waals surface area contributed by atoms with Crippen LogP contribution in [0.3, 0.4) is 0 Å². The second-order valence-electron chi connectivity index (χ2n) is 5.56. The smallest absolute Gasteiger partial charge is 0.283 e. The van der Waals surface area contributed by atoms with E-state index in [1.165, 1.54) is 6.07 Å². The predicted octanol–water partition coefficient (Wildman–Crippen LogP) is 5.07. The number of benzene rings is 2. The Bertz CT molecular complexity index is 765. The van der Waals surface area contributed by atoms with Crippen LogP contribution in [-0.2, 0) is 5.60 Å². The monoisotopic (exact) mass is 380 g/mol. The van der Waals surface area contributed by atoms with E-state index < -0.39 is 52.8 Å². The summed E-state index contributed by atoms with van der Waals surface area (Å²) in [7, 11) is 0. The number of hydrogen-bond donors (Lipinski definition) is 1. The van der Waals surface area contributed by atoms with Crippen molar-refractivity contribution in [2.24, 2.45) is 0 Å². The molecule has 0 heterocycles. The molecule has 0 saturated heterocycles. The van der Waals surface area contributed by atoms with Gasteiger partial charge in [-0.05, 0) is 36.8 Å². The quantitative estimate of drug-likeness (QED) is 0.560. The first-order chi connectivity index (χ1) is 11.6. The van der Waals surface area contributed by atoms with Gasteiger partial charge in [0.05, 0.1) is 11.6 Å². The molecule has 0 radical (unpaired) electrons. The van der Waals surface area contributed by atoms with Crippen LogP contribution >= 0.6 is 11.6 Å². The Morgan fingerprint density at radius 3 is 2.44 bits per heavy atom. The van der Waals surface area contributed by atoms with Gasteiger partial charge in [0.2, 0.25) is 0 Å². The Labute approximate surface area is 145 Å². The molecule has 2 aromatic carbocycles. The average molecular weight is 381 g/mol. The Kier molecular flexibility index (Phi) is 5.58. The standard InChI is InChI=1S/C17H14ClF5O2/c1-16(24,10-3-2-4-11(19)9-10)17(22,23)7-8-25-15-13(20)6-5-12(18)14(15)21/h2-6,9,24H,7-8H2,1H3. The maximum atomic E-state index is 14.3. The molecule has 0 bridgehead atoms. The highest BCUT2D eigenvalue weighted by Crippen LogP contribution is 2.40. The molecule has 0 aliphatic heterocycles. The Morgan fingerprint density at radius 1 is 1.12 bits per heavy atom. The van der Waals surface area contributed by atoms with E-state index >= 15 is 0 Å². The minimum absolute atomic E-state index is 0.336. The van der Waals surface area contributed by atoms with E-state index in [-0.39, 0.29) is 5.56 Å². The summed E-state index contributed by atoms with van der Waals surface area (Å²) in [5, 5.41) is 9.73. The average Bonchev–Trinajstić information content (AvgIpc) is 2.54. The van der Waals surface area contributed by atoms with Gasteiger partial charge in [0.25, 0.3) is 5.92 Å². The fraction of sp³-hybridized carbons (Fsp3) is 0.294. The van der Waals surface area contributed by atoms with Crippen LogP contribution in [0.25, 0.3) is 0 Å². The third-order valence-electron chi connectivity index (χ3n) is 3.76. The topological polar surface area (TPSA) is 29.5 Å². The van der Waals surface area contributed by atoms with Gasteiger partial charge in [0.1, 0.15) is 5.82 Å². The largest absolute Gasteiger partial charge is 0.487 e.